The highest BCUT2D eigenvalue weighted by Gasteiger charge is 2.24. The third-order valence-electron chi connectivity index (χ3n) is 9.13. The monoisotopic (exact) mass is 752 g/mol. The molecule has 7 aromatic heterocycles. The Morgan fingerprint density at radius 2 is 1.31 bits per heavy atom. The van der Waals surface area contributed by atoms with Gasteiger partial charge in [-0.3, -0.25) is 9.36 Å². The first kappa shape index (κ1) is 32.9. The normalized spacial score (nSPS) is 17.9. The number of nitrogens with zero attached hydrogens (tertiary/aromatic N) is 17. The second kappa shape index (κ2) is 14.5. The molecule has 7 aromatic rings. The second-order valence-electron chi connectivity index (χ2n) is 13.0. The smallest absolute Gasteiger partial charge is 0.225 e. The number of fused-ring (bicyclic) bond motifs is 2. The standard InChI is InChI=1S/C18H19BrN10.C14H18N8/c1-27-11-13(5-23-27)15-8-20-16-17(24-15)29(26-25-16)10-12-3-2-4-28(9-12)18-21-6-14(19)7-22-18;1-21-9-11(6-17-21)12-7-16-13-14(18-12)22(20-19-13)8-10-3-2-4-15-5-10/h5-8,11-12H,2-4,9-10H2,1H3;6-7,9-10,15H,2-5,8H2,1H3. The molecule has 1 N–H and O–H groups in total. The minimum atomic E-state index is 0.407. The van der Waals surface area contributed by atoms with Crippen LogP contribution in [0.3, 0.4) is 0 Å². The summed E-state index contributed by atoms with van der Waals surface area (Å²) in [5.41, 5.74) is 6.02. The van der Waals surface area contributed by atoms with Gasteiger partial charge in [-0.2, -0.15) is 10.2 Å². The number of hydrogen-bond acceptors (Lipinski definition) is 14. The lowest BCUT2D eigenvalue weighted by Gasteiger charge is -2.32. The molecular formula is C32H37BrN18. The summed E-state index contributed by atoms with van der Waals surface area (Å²) >= 11 is 3.39. The van der Waals surface area contributed by atoms with Crippen molar-refractivity contribution in [2.45, 2.75) is 38.8 Å². The molecule has 0 spiro atoms. The Bertz CT molecular complexity index is 2230. The first-order valence-corrected chi connectivity index (χ1v) is 17.8. The minimum Gasteiger partial charge on any atom is -0.340 e. The summed E-state index contributed by atoms with van der Waals surface area (Å²) in [5, 5.41) is 28.7. The number of rotatable bonds is 7. The van der Waals surface area contributed by atoms with E-state index in [-0.39, 0.29) is 0 Å². The van der Waals surface area contributed by atoms with Crippen molar-refractivity contribution < 1.29 is 0 Å². The van der Waals surface area contributed by atoms with Crippen molar-refractivity contribution in [1.29, 1.82) is 0 Å². The molecule has 2 atom stereocenters. The van der Waals surface area contributed by atoms with E-state index in [4.69, 9.17) is 4.98 Å². The molecule has 0 aliphatic carbocycles. The zero-order chi connectivity index (χ0) is 34.7. The van der Waals surface area contributed by atoms with Gasteiger partial charge in [0.15, 0.2) is 11.3 Å². The number of halogens is 1. The van der Waals surface area contributed by atoms with E-state index >= 15 is 0 Å². The highest BCUT2D eigenvalue weighted by molar-refractivity contribution is 9.10. The molecular weight excluding hydrogens is 716 g/mol. The first-order chi connectivity index (χ1) is 24.9. The van der Waals surface area contributed by atoms with Crippen LogP contribution in [0.1, 0.15) is 25.7 Å². The molecule has 0 bridgehead atoms. The molecule has 0 radical (unpaired) electrons. The molecule has 19 heteroatoms. The summed E-state index contributed by atoms with van der Waals surface area (Å²) in [6, 6.07) is 0. The van der Waals surface area contributed by atoms with Gasteiger partial charge in [0, 0.05) is 76.2 Å². The summed E-state index contributed by atoms with van der Waals surface area (Å²) < 4.78 is 8.12. The molecule has 2 saturated heterocycles. The van der Waals surface area contributed by atoms with Crippen LogP contribution in [0.2, 0.25) is 0 Å². The Hall–Kier alpha value is -5.30. The fraction of sp³-hybridized carbons (Fsp3) is 0.438. The summed E-state index contributed by atoms with van der Waals surface area (Å²) in [4.78, 5) is 29.3. The molecule has 0 saturated carbocycles. The molecule has 9 rings (SSSR count). The minimum absolute atomic E-state index is 0.407. The topological polar surface area (TPSA) is 190 Å². The van der Waals surface area contributed by atoms with Crippen LogP contribution in [0, 0.1) is 11.8 Å². The van der Waals surface area contributed by atoms with Crippen molar-refractivity contribution in [1.82, 2.24) is 84.8 Å². The molecule has 2 unspecified atom stereocenters. The molecule has 9 heterocycles. The summed E-state index contributed by atoms with van der Waals surface area (Å²) in [6.45, 7) is 5.53. The molecule has 2 aliphatic heterocycles. The van der Waals surface area contributed by atoms with E-state index < -0.39 is 0 Å². The van der Waals surface area contributed by atoms with Gasteiger partial charge in [-0.25, -0.2) is 39.3 Å². The van der Waals surface area contributed by atoms with Crippen LogP contribution >= 0.6 is 15.9 Å². The Labute approximate surface area is 300 Å². The van der Waals surface area contributed by atoms with E-state index in [9.17, 15) is 0 Å². The van der Waals surface area contributed by atoms with Crippen molar-refractivity contribution in [3.05, 3.63) is 54.0 Å². The third kappa shape index (κ3) is 7.43. The predicted octanol–water partition coefficient (Wildman–Crippen LogP) is 2.71. The highest BCUT2D eigenvalue weighted by Crippen LogP contribution is 2.24. The summed E-state index contributed by atoms with van der Waals surface area (Å²) in [6.07, 6.45) is 19.0. The van der Waals surface area contributed by atoms with Gasteiger partial charge in [0.25, 0.3) is 0 Å². The van der Waals surface area contributed by atoms with Gasteiger partial charge in [-0.05, 0) is 66.5 Å². The van der Waals surface area contributed by atoms with E-state index in [0.717, 1.165) is 90.7 Å². The van der Waals surface area contributed by atoms with Crippen LogP contribution in [0.15, 0.2) is 54.0 Å². The Balaban J connectivity index is 0.000000152. The quantitative estimate of drug-likeness (QED) is 0.250. The van der Waals surface area contributed by atoms with Gasteiger partial charge in [0.05, 0.1) is 40.6 Å². The molecule has 262 valence electrons. The molecule has 0 amide bonds. The van der Waals surface area contributed by atoms with Gasteiger partial charge in [0.2, 0.25) is 17.2 Å². The highest BCUT2D eigenvalue weighted by atomic mass is 79.9. The number of nitrogens with one attached hydrogen (secondary N) is 1. The maximum atomic E-state index is 4.75. The van der Waals surface area contributed by atoms with Gasteiger partial charge in [-0.15, -0.1) is 10.2 Å². The average Bonchev–Trinajstić information content (AvgIpc) is 3.97. The van der Waals surface area contributed by atoms with Crippen molar-refractivity contribution >= 4 is 44.5 Å². The molecule has 51 heavy (non-hydrogen) atoms. The largest absolute Gasteiger partial charge is 0.340 e. The fourth-order valence-electron chi connectivity index (χ4n) is 6.58. The maximum absolute atomic E-state index is 4.75. The Morgan fingerprint density at radius 1 is 0.725 bits per heavy atom. The number of anilines is 1. The Kier molecular flexibility index (Phi) is 9.35. The number of aryl methyl sites for hydroxylation is 2. The van der Waals surface area contributed by atoms with Gasteiger partial charge < -0.3 is 10.2 Å². The predicted molar refractivity (Wildman–Crippen MR) is 191 cm³/mol. The van der Waals surface area contributed by atoms with Crippen LogP contribution in [0.5, 0.6) is 0 Å². The maximum Gasteiger partial charge on any atom is 0.225 e. The third-order valence-corrected chi connectivity index (χ3v) is 9.54. The lowest BCUT2D eigenvalue weighted by Crippen LogP contribution is -2.38. The van der Waals surface area contributed by atoms with E-state index in [1.807, 2.05) is 35.9 Å². The average molecular weight is 754 g/mol. The van der Waals surface area contributed by atoms with Crippen LogP contribution in [0.25, 0.3) is 45.1 Å². The lowest BCUT2D eigenvalue weighted by molar-refractivity contribution is 0.325. The molecule has 0 aromatic carbocycles. The zero-order valence-corrected chi connectivity index (χ0v) is 29.9. The van der Waals surface area contributed by atoms with Gasteiger partial charge in [-0.1, -0.05) is 10.4 Å². The number of piperidine rings is 2. The van der Waals surface area contributed by atoms with Crippen LogP contribution in [0.4, 0.5) is 5.95 Å². The van der Waals surface area contributed by atoms with Crippen molar-refractivity contribution in [3.63, 3.8) is 0 Å². The van der Waals surface area contributed by atoms with E-state index in [1.165, 1.54) is 12.8 Å². The van der Waals surface area contributed by atoms with E-state index in [0.29, 0.717) is 28.8 Å². The van der Waals surface area contributed by atoms with Gasteiger partial charge >= 0.3 is 0 Å². The van der Waals surface area contributed by atoms with Crippen LogP contribution in [-0.4, -0.2) is 106 Å². The van der Waals surface area contributed by atoms with Crippen molar-refractivity contribution in [2.75, 3.05) is 31.1 Å². The van der Waals surface area contributed by atoms with Crippen molar-refractivity contribution in [3.8, 4) is 22.5 Å². The number of hydrogen-bond donors (Lipinski definition) is 1. The SMILES string of the molecule is Cn1cc(-c2cnc3nnn(CC4CCCN(c5ncc(Br)cn5)C4)c3n2)cn1.Cn1cc(-c2cnc3nnn(CC4CCCNC4)c3n2)cn1. The Morgan fingerprint density at radius 3 is 1.86 bits per heavy atom. The lowest BCUT2D eigenvalue weighted by atomic mass is 9.98. The summed E-state index contributed by atoms with van der Waals surface area (Å²) in [5.74, 6) is 1.74. The summed E-state index contributed by atoms with van der Waals surface area (Å²) in [7, 11) is 3.77. The van der Waals surface area contributed by atoms with E-state index in [1.54, 1.807) is 46.5 Å². The van der Waals surface area contributed by atoms with Crippen LogP contribution in [-0.2, 0) is 27.2 Å². The second-order valence-corrected chi connectivity index (χ2v) is 13.9. The van der Waals surface area contributed by atoms with E-state index in [2.05, 4.69) is 81.9 Å². The molecule has 2 fully saturated rings. The van der Waals surface area contributed by atoms with Gasteiger partial charge in [0.1, 0.15) is 0 Å². The van der Waals surface area contributed by atoms with Crippen LogP contribution < -0.4 is 10.2 Å². The molecule has 2 aliphatic rings. The van der Waals surface area contributed by atoms with Crippen molar-refractivity contribution in [2.24, 2.45) is 25.9 Å². The zero-order valence-electron chi connectivity index (χ0n) is 28.3. The molecule has 18 nitrogen and oxygen atoms in total. The number of aromatic nitrogens is 16. The first-order valence-electron chi connectivity index (χ1n) is 17.0. The fourth-order valence-corrected chi connectivity index (χ4v) is 6.78.